The van der Waals surface area contributed by atoms with Gasteiger partial charge in [-0.05, 0) is 31.4 Å². The van der Waals surface area contributed by atoms with Crippen LogP contribution in [0.15, 0.2) is 24.3 Å². The van der Waals surface area contributed by atoms with E-state index in [1.165, 1.54) is 12.1 Å². The smallest absolute Gasteiger partial charge is 0.404 e. The molecule has 0 aliphatic carbocycles. The van der Waals surface area contributed by atoms with Gasteiger partial charge in [-0.1, -0.05) is 12.1 Å². The van der Waals surface area contributed by atoms with Crippen molar-refractivity contribution < 1.29 is 17.9 Å². The number of hydrogen-bond acceptors (Lipinski definition) is 2. The summed E-state index contributed by atoms with van der Waals surface area (Å²) in [5, 5.41) is 0. The van der Waals surface area contributed by atoms with Gasteiger partial charge in [-0.25, -0.2) is 0 Å². The zero-order valence-corrected chi connectivity index (χ0v) is 9.20. The Hall–Kier alpha value is -1.39. The van der Waals surface area contributed by atoms with Crippen LogP contribution in [0.1, 0.15) is 6.42 Å². The second kappa shape index (κ2) is 4.47. The average Bonchev–Trinajstić information content (AvgIpc) is 2.63. The SMILES string of the molecule is [CH2][C@@H]1CCN(c2ccccc2OC(F)(F)F)C1. The van der Waals surface area contributed by atoms with Crippen LogP contribution in [-0.4, -0.2) is 19.5 Å². The van der Waals surface area contributed by atoms with Crippen LogP contribution >= 0.6 is 0 Å². The molecule has 0 saturated carbocycles. The van der Waals surface area contributed by atoms with E-state index < -0.39 is 6.36 Å². The monoisotopic (exact) mass is 244 g/mol. The number of ether oxygens (including phenoxy) is 1. The van der Waals surface area contributed by atoms with Gasteiger partial charge in [-0.15, -0.1) is 13.2 Å². The number of benzene rings is 1. The van der Waals surface area contributed by atoms with Crippen molar-refractivity contribution in [1.29, 1.82) is 0 Å². The van der Waals surface area contributed by atoms with Crippen LogP contribution in [0.5, 0.6) is 5.75 Å². The fourth-order valence-corrected chi connectivity index (χ4v) is 1.98. The van der Waals surface area contributed by atoms with Crippen molar-refractivity contribution in [1.82, 2.24) is 0 Å². The summed E-state index contributed by atoms with van der Waals surface area (Å²) in [7, 11) is 0. The summed E-state index contributed by atoms with van der Waals surface area (Å²) in [5.74, 6) is 0.114. The molecule has 93 valence electrons. The molecular weight excluding hydrogens is 231 g/mol. The summed E-state index contributed by atoms with van der Waals surface area (Å²) in [5.41, 5.74) is 0.482. The van der Waals surface area contributed by atoms with Crippen molar-refractivity contribution in [2.45, 2.75) is 12.8 Å². The summed E-state index contributed by atoms with van der Waals surface area (Å²) in [6.45, 7) is 5.29. The lowest BCUT2D eigenvalue weighted by Gasteiger charge is -2.22. The van der Waals surface area contributed by atoms with E-state index in [-0.39, 0.29) is 11.7 Å². The van der Waals surface area contributed by atoms with Crippen molar-refractivity contribution in [2.75, 3.05) is 18.0 Å². The van der Waals surface area contributed by atoms with Gasteiger partial charge in [-0.2, -0.15) is 0 Å². The fraction of sp³-hybridized carbons (Fsp3) is 0.417. The van der Waals surface area contributed by atoms with Gasteiger partial charge >= 0.3 is 6.36 Å². The highest BCUT2D eigenvalue weighted by atomic mass is 19.4. The van der Waals surface area contributed by atoms with Crippen LogP contribution in [0.3, 0.4) is 0 Å². The molecule has 2 nitrogen and oxygen atoms in total. The van der Waals surface area contributed by atoms with E-state index in [0.717, 1.165) is 6.42 Å². The van der Waals surface area contributed by atoms with Crippen molar-refractivity contribution in [3.63, 3.8) is 0 Å². The maximum atomic E-state index is 12.2. The topological polar surface area (TPSA) is 12.5 Å². The van der Waals surface area contributed by atoms with Crippen LogP contribution in [0.25, 0.3) is 0 Å². The number of nitrogens with zero attached hydrogens (tertiary/aromatic N) is 1. The lowest BCUT2D eigenvalue weighted by atomic mass is 10.2. The minimum absolute atomic E-state index is 0.144. The molecule has 0 spiro atoms. The predicted molar refractivity (Wildman–Crippen MR) is 58.8 cm³/mol. The van der Waals surface area contributed by atoms with Crippen molar-refractivity contribution in [2.24, 2.45) is 5.92 Å². The quantitative estimate of drug-likeness (QED) is 0.791. The Kier molecular flexibility index (Phi) is 3.17. The van der Waals surface area contributed by atoms with Crippen molar-refractivity contribution >= 4 is 5.69 Å². The van der Waals surface area contributed by atoms with Gasteiger partial charge in [0.25, 0.3) is 0 Å². The first-order valence-electron chi connectivity index (χ1n) is 5.38. The predicted octanol–water partition coefficient (Wildman–Crippen LogP) is 3.25. The van der Waals surface area contributed by atoms with E-state index in [0.29, 0.717) is 18.8 Å². The molecule has 1 heterocycles. The molecule has 1 aromatic rings. The Labute approximate surface area is 98.0 Å². The first-order chi connectivity index (χ1) is 7.96. The molecule has 1 aromatic carbocycles. The lowest BCUT2D eigenvalue weighted by Crippen LogP contribution is -2.23. The zero-order valence-electron chi connectivity index (χ0n) is 9.20. The maximum absolute atomic E-state index is 12.2. The molecule has 0 N–H and O–H groups in total. The Morgan fingerprint density at radius 1 is 1.29 bits per heavy atom. The molecule has 0 bridgehead atoms. The summed E-state index contributed by atoms with van der Waals surface area (Å²) >= 11 is 0. The second-order valence-electron chi connectivity index (χ2n) is 4.12. The first kappa shape index (κ1) is 12.1. The second-order valence-corrected chi connectivity index (χ2v) is 4.12. The van der Waals surface area contributed by atoms with E-state index in [2.05, 4.69) is 11.7 Å². The van der Waals surface area contributed by atoms with Gasteiger partial charge < -0.3 is 9.64 Å². The number of hydrogen-bond donors (Lipinski definition) is 0. The summed E-state index contributed by atoms with van der Waals surface area (Å²) in [6, 6.07) is 6.20. The van der Waals surface area contributed by atoms with Crippen LogP contribution in [-0.2, 0) is 0 Å². The molecule has 0 amide bonds. The third kappa shape index (κ3) is 3.05. The molecule has 0 aromatic heterocycles. The van der Waals surface area contributed by atoms with E-state index in [1.807, 2.05) is 4.90 Å². The molecule has 5 heteroatoms. The van der Waals surface area contributed by atoms with Gasteiger partial charge in [-0.3, -0.25) is 0 Å². The Bertz CT molecular complexity index is 392. The molecule has 1 aliphatic rings. The number of rotatable bonds is 2. The highest BCUT2D eigenvalue weighted by Gasteiger charge is 2.33. The Morgan fingerprint density at radius 2 is 2.00 bits per heavy atom. The average molecular weight is 244 g/mol. The van der Waals surface area contributed by atoms with Crippen molar-refractivity contribution in [3.05, 3.63) is 31.2 Å². The third-order valence-corrected chi connectivity index (χ3v) is 2.72. The van der Waals surface area contributed by atoms with E-state index in [1.54, 1.807) is 12.1 Å². The van der Waals surface area contributed by atoms with E-state index in [4.69, 9.17) is 0 Å². The van der Waals surface area contributed by atoms with Gasteiger partial charge in [0.05, 0.1) is 5.69 Å². The molecule has 1 radical (unpaired) electrons. The standard InChI is InChI=1S/C12H13F3NO/c1-9-6-7-16(8-9)10-4-2-3-5-11(10)17-12(13,14)15/h2-5,9H,1,6-8H2/t9-/m1/s1. The van der Waals surface area contributed by atoms with Gasteiger partial charge in [0.1, 0.15) is 0 Å². The molecule has 0 unspecified atom stereocenters. The fourth-order valence-electron chi connectivity index (χ4n) is 1.98. The normalized spacial score (nSPS) is 20.7. The number of alkyl halides is 3. The van der Waals surface area contributed by atoms with Gasteiger partial charge in [0.15, 0.2) is 5.75 Å². The van der Waals surface area contributed by atoms with E-state index in [9.17, 15) is 13.2 Å². The van der Waals surface area contributed by atoms with Crippen LogP contribution in [0, 0.1) is 12.8 Å². The van der Waals surface area contributed by atoms with Crippen LogP contribution < -0.4 is 9.64 Å². The largest absolute Gasteiger partial charge is 0.573 e. The Balaban J connectivity index is 2.22. The first-order valence-corrected chi connectivity index (χ1v) is 5.38. The number of para-hydroxylation sites is 2. The van der Waals surface area contributed by atoms with Gasteiger partial charge in [0.2, 0.25) is 0 Å². The van der Waals surface area contributed by atoms with Crippen molar-refractivity contribution in [3.8, 4) is 5.75 Å². The third-order valence-electron chi connectivity index (χ3n) is 2.72. The molecule has 1 saturated heterocycles. The number of anilines is 1. The molecular formula is C12H13F3NO. The molecule has 1 aliphatic heterocycles. The minimum Gasteiger partial charge on any atom is -0.404 e. The highest BCUT2D eigenvalue weighted by Crippen LogP contribution is 2.35. The molecule has 1 fully saturated rings. The number of halogens is 3. The minimum atomic E-state index is -4.65. The summed E-state index contributed by atoms with van der Waals surface area (Å²) in [4.78, 5) is 1.87. The van der Waals surface area contributed by atoms with Crippen LogP contribution in [0.2, 0.25) is 0 Å². The highest BCUT2D eigenvalue weighted by molar-refractivity contribution is 5.59. The van der Waals surface area contributed by atoms with Gasteiger partial charge in [0, 0.05) is 13.1 Å². The van der Waals surface area contributed by atoms with E-state index >= 15 is 0 Å². The van der Waals surface area contributed by atoms with Crippen LogP contribution in [0.4, 0.5) is 18.9 Å². The summed E-state index contributed by atoms with van der Waals surface area (Å²) < 4.78 is 40.7. The lowest BCUT2D eigenvalue weighted by molar-refractivity contribution is -0.274. The molecule has 2 rings (SSSR count). The maximum Gasteiger partial charge on any atom is 0.573 e. The Morgan fingerprint density at radius 3 is 2.59 bits per heavy atom. The molecule has 17 heavy (non-hydrogen) atoms. The summed E-state index contributed by atoms with van der Waals surface area (Å²) in [6.07, 6.45) is -3.76. The zero-order chi connectivity index (χ0) is 12.5. The molecule has 1 atom stereocenters.